The van der Waals surface area contributed by atoms with E-state index in [9.17, 15) is 18.4 Å². The molecule has 0 aromatic carbocycles. The Bertz CT molecular complexity index is 273. The van der Waals surface area contributed by atoms with Crippen molar-refractivity contribution in [1.82, 2.24) is 10.2 Å². The Kier molecular flexibility index (Phi) is 5.13. The number of alkyl halides is 2. The summed E-state index contributed by atoms with van der Waals surface area (Å²) in [6.45, 7) is 2.18. The number of carbonyl (C=O) groups is 2. The molecule has 0 rings (SSSR count). The topological polar surface area (TPSA) is 69.6 Å². The summed E-state index contributed by atoms with van der Waals surface area (Å²) in [4.78, 5) is 23.0. The van der Waals surface area contributed by atoms with Gasteiger partial charge < -0.3 is 15.3 Å². The third kappa shape index (κ3) is 4.00. The molecule has 1 atom stereocenters. The standard InChI is InChI=1S/C9H16F2N2O3/c1-4-9(2,7(14)15)12-8(16)13(3)5-6(10)11/h6H,4-5H2,1-3H3,(H,12,16)(H,14,15). The van der Waals surface area contributed by atoms with E-state index in [1.165, 1.54) is 14.0 Å². The van der Waals surface area contributed by atoms with E-state index in [1.54, 1.807) is 6.92 Å². The Balaban J connectivity index is 4.48. The molecule has 5 nitrogen and oxygen atoms in total. The van der Waals surface area contributed by atoms with Crippen LogP contribution in [-0.4, -0.2) is 47.6 Å². The maximum absolute atomic E-state index is 12.0. The van der Waals surface area contributed by atoms with Gasteiger partial charge in [-0.1, -0.05) is 6.92 Å². The lowest BCUT2D eigenvalue weighted by atomic mass is 10.00. The predicted molar refractivity (Wildman–Crippen MR) is 53.5 cm³/mol. The molecule has 0 fully saturated rings. The number of amides is 2. The Hall–Kier alpha value is -1.40. The molecule has 0 radical (unpaired) electrons. The average molecular weight is 238 g/mol. The van der Waals surface area contributed by atoms with Gasteiger partial charge in [0.05, 0.1) is 6.54 Å². The van der Waals surface area contributed by atoms with Gasteiger partial charge in [-0.05, 0) is 13.3 Å². The summed E-state index contributed by atoms with van der Waals surface area (Å²) in [6.07, 6.45) is -2.48. The van der Waals surface area contributed by atoms with Crippen LogP contribution in [0.1, 0.15) is 20.3 Å². The van der Waals surface area contributed by atoms with Crippen molar-refractivity contribution in [2.45, 2.75) is 32.2 Å². The minimum absolute atomic E-state index is 0.163. The SMILES string of the molecule is CCC(C)(NC(=O)N(C)CC(F)F)C(=O)O. The highest BCUT2D eigenvalue weighted by atomic mass is 19.3. The number of nitrogens with one attached hydrogen (secondary N) is 1. The highest BCUT2D eigenvalue weighted by Gasteiger charge is 2.33. The van der Waals surface area contributed by atoms with Crippen molar-refractivity contribution >= 4 is 12.0 Å². The molecule has 1 unspecified atom stereocenters. The van der Waals surface area contributed by atoms with Crippen LogP contribution in [-0.2, 0) is 4.79 Å². The number of rotatable bonds is 5. The van der Waals surface area contributed by atoms with Crippen molar-refractivity contribution in [3.63, 3.8) is 0 Å². The number of aliphatic carboxylic acids is 1. The van der Waals surface area contributed by atoms with Gasteiger partial charge in [0.1, 0.15) is 5.54 Å². The lowest BCUT2D eigenvalue weighted by Gasteiger charge is -2.27. The van der Waals surface area contributed by atoms with Gasteiger partial charge in [-0.15, -0.1) is 0 Å². The van der Waals surface area contributed by atoms with E-state index in [4.69, 9.17) is 5.11 Å². The summed E-state index contributed by atoms with van der Waals surface area (Å²) in [5.41, 5.74) is -1.44. The molecule has 0 saturated heterocycles. The molecule has 2 N–H and O–H groups in total. The molecule has 0 saturated carbocycles. The second kappa shape index (κ2) is 5.62. The molecule has 0 aromatic heterocycles. The van der Waals surface area contributed by atoms with Crippen LogP contribution in [0.4, 0.5) is 13.6 Å². The molecule has 94 valence electrons. The van der Waals surface area contributed by atoms with Crippen LogP contribution in [0.25, 0.3) is 0 Å². The van der Waals surface area contributed by atoms with E-state index < -0.39 is 30.5 Å². The van der Waals surface area contributed by atoms with Gasteiger partial charge in [-0.3, -0.25) is 0 Å². The summed E-state index contributed by atoms with van der Waals surface area (Å²) in [5, 5.41) is 11.1. The largest absolute Gasteiger partial charge is 0.480 e. The van der Waals surface area contributed by atoms with Crippen LogP contribution in [0.3, 0.4) is 0 Å². The van der Waals surface area contributed by atoms with E-state index in [-0.39, 0.29) is 6.42 Å². The summed E-state index contributed by atoms with van der Waals surface area (Å²) in [6, 6.07) is -0.827. The van der Waals surface area contributed by atoms with E-state index in [1.807, 2.05) is 0 Å². The van der Waals surface area contributed by atoms with Crippen LogP contribution >= 0.6 is 0 Å². The molecule has 0 aliphatic carbocycles. The Morgan fingerprint density at radius 3 is 2.31 bits per heavy atom. The smallest absolute Gasteiger partial charge is 0.329 e. The highest BCUT2D eigenvalue weighted by Crippen LogP contribution is 2.10. The van der Waals surface area contributed by atoms with Crippen LogP contribution in [0, 0.1) is 0 Å². The molecule has 0 aliphatic rings. The minimum atomic E-state index is -2.64. The van der Waals surface area contributed by atoms with Crippen molar-refractivity contribution in [3.05, 3.63) is 0 Å². The number of hydrogen-bond acceptors (Lipinski definition) is 2. The zero-order chi connectivity index (χ0) is 12.9. The summed E-state index contributed by atoms with van der Waals surface area (Å²) in [5.74, 6) is -1.20. The predicted octanol–water partition coefficient (Wildman–Crippen LogP) is 1.15. The van der Waals surface area contributed by atoms with Gasteiger partial charge >= 0.3 is 12.0 Å². The van der Waals surface area contributed by atoms with Crippen molar-refractivity contribution in [3.8, 4) is 0 Å². The lowest BCUT2D eigenvalue weighted by molar-refractivity contribution is -0.143. The number of urea groups is 1. The van der Waals surface area contributed by atoms with Gasteiger partial charge in [0.2, 0.25) is 0 Å². The van der Waals surface area contributed by atoms with E-state index in [2.05, 4.69) is 5.32 Å². The van der Waals surface area contributed by atoms with Gasteiger partial charge in [0.25, 0.3) is 6.43 Å². The van der Waals surface area contributed by atoms with Crippen molar-refractivity contribution in [1.29, 1.82) is 0 Å². The second-order valence-corrected chi connectivity index (χ2v) is 3.69. The number of hydrogen-bond donors (Lipinski definition) is 2. The highest BCUT2D eigenvalue weighted by molar-refractivity contribution is 5.85. The third-order valence-corrected chi connectivity index (χ3v) is 2.32. The summed E-state index contributed by atoms with van der Waals surface area (Å²) in [7, 11) is 1.18. The Morgan fingerprint density at radius 1 is 1.50 bits per heavy atom. The monoisotopic (exact) mass is 238 g/mol. The van der Waals surface area contributed by atoms with E-state index in [0.29, 0.717) is 0 Å². The molecule has 0 heterocycles. The molecular weight excluding hydrogens is 222 g/mol. The van der Waals surface area contributed by atoms with Crippen LogP contribution in [0.2, 0.25) is 0 Å². The fourth-order valence-electron chi connectivity index (χ4n) is 0.914. The van der Waals surface area contributed by atoms with Gasteiger partial charge in [-0.2, -0.15) is 0 Å². The third-order valence-electron chi connectivity index (χ3n) is 2.32. The lowest BCUT2D eigenvalue weighted by Crippen LogP contribution is -2.55. The number of halogens is 2. The summed E-state index contributed by atoms with van der Waals surface area (Å²) < 4.78 is 24.0. The molecule has 0 aromatic rings. The molecule has 0 aliphatic heterocycles. The molecule has 0 spiro atoms. The van der Waals surface area contributed by atoms with Gasteiger partial charge in [-0.25, -0.2) is 18.4 Å². The number of carbonyl (C=O) groups excluding carboxylic acids is 1. The first-order valence-corrected chi connectivity index (χ1v) is 4.77. The molecule has 0 bridgehead atoms. The fourth-order valence-corrected chi connectivity index (χ4v) is 0.914. The molecule has 2 amide bonds. The normalized spacial score (nSPS) is 14.4. The maximum atomic E-state index is 12.0. The van der Waals surface area contributed by atoms with Crippen LogP contribution in [0.5, 0.6) is 0 Å². The first-order valence-electron chi connectivity index (χ1n) is 4.77. The molecular formula is C9H16F2N2O3. The summed E-state index contributed by atoms with van der Waals surface area (Å²) >= 11 is 0. The van der Waals surface area contributed by atoms with Crippen molar-refractivity contribution in [2.75, 3.05) is 13.6 Å². The zero-order valence-corrected chi connectivity index (χ0v) is 9.46. The minimum Gasteiger partial charge on any atom is -0.480 e. The molecule has 16 heavy (non-hydrogen) atoms. The van der Waals surface area contributed by atoms with E-state index >= 15 is 0 Å². The average Bonchev–Trinajstić information content (AvgIpc) is 2.16. The van der Waals surface area contributed by atoms with Crippen molar-refractivity contribution < 1.29 is 23.5 Å². The maximum Gasteiger partial charge on any atom is 0.329 e. The number of nitrogens with zero attached hydrogens (tertiary/aromatic N) is 1. The Labute approximate surface area is 92.4 Å². The first kappa shape index (κ1) is 14.6. The first-order chi connectivity index (χ1) is 7.23. The van der Waals surface area contributed by atoms with E-state index in [0.717, 1.165) is 4.90 Å². The van der Waals surface area contributed by atoms with Crippen LogP contribution < -0.4 is 5.32 Å². The fraction of sp³-hybridized carbons (Fsp3) is 0.778. The van der Waals surface area contributed by atoms with Crippen LogP contribution in [0.15, 0.2) is 0 Å². The second-order valence-electron chi connectivity index (χ2n) is 3.69. The number of carboxylic acids is 1. The number of carboxylic acid groups (broad SMARTS) is 1. The Morgan fingerprint density at radius 2 is 2.00 bits per heavy atom. The zero-order valence-electron chi connectivity index (χ0n) is 9.46. The van der Waals surface area contributed by atoms with Crippen molar-refractivity contribution in [2.24, 2.45) is 0 Å². The van der Waals surface area contributed by atoms with Gasteiger partial charge in [0, 0.05) is 7.05 Å². The quantitative estimate of drug-likeness (QED) is 0.754. The molecule has 7 heteroatoms. The van der Waals surface area contributed by atoms with Gasteiger partial charge in [0.15, 0.2) is 0 Å².